The van der Waals surface area contributed by atoms with Crippen molar-refractivity contribution in [3.05, 3.63) is 64.0 Å². The second kappa shape index (κ2) is 8.00. The SMILES string of the molecule is COCC1CN(c2ccc(OCc3ccc(F)c([N+](=O)[O-])c3)cc2)C(=O)O1. The maximum Gasteiger partial charge on any atom is 0.414 e. The second-order valence-electron chi connectivity index (χ2n) is 5.90. The molecule has 2 aromatic carbocycles. The first-order valence-electron chi connectivity index (χ1n) is 8.10. The van der Waals surface area contributed by atoms with Crippen molar-refractivity contribution >= 4 is 17.5 Å². The highest BCUT2D eigenvalue weighted by Gasteiger charge is 2.32. The number of nitro groups is 1. The fraction of sp³-hybridized carbons (Fsp3) is 0.278. The lowest BCUT2D eigenvalue weighted by Gasteiger charge is -2.14. The van der Waals surface area contributed by atoms with Crippen LogP contribution in [-0.2, 0) is 16.1 Å². The molecule has 1 heterocycles. The zero-order valence-electron chi connectivity index (χ0n) is 14.5. The molecule has 0 aliphatic carbocycles. The second-order valence-corrected chi connectivity index (χ2v) is 5.90. The quantitative estimate of drug-likeness (QED) is 0.544. The van der Waals surface area contributed by atoms with Crippen LogP contribution in [0.5, 0.6) is 5.75 Å². The minimum atomic E-state index is -0.891. The summed E-state index contributed by atoms with van der Waals surface area (Å²) in [6, 6.07) is 10.4. The number of nitrogens with zero attached hydrogens (tertiary/aromatic N) is 2. The largest absolute Gasteiger partial charge is 0.489 e. The fourth-order valence-electron chi connectivity index (χ4n) is 2.68. The Kier molecular flexibility index (Phi) is 5.51. The third kappa shape index (κ3) is 4.32. The smallest absolute Gasteiger partial charge is 0.414 e. The lowest BCUT2D eigenvalue weighted by molar-refractivity contribution is -0.387. The van der Waals surface area contributed by atoms with Gasteiger partial charge in [-0.05, 0) is 35.9 Å². The maximum absolute atomic E-state index is 13.4. The van der Waals surface area contributed by atoms with Crippen LogP contribution in [-0.4, -0.2) is 37.4 Å². The topological polar surface area (TPSA) is 91.1 Å². The molecule has 0 saturated carbocycles. The fourth-order valence-corrected chi connectivity index (χ4v) is 2.68. The molecule has 0 bridgehead atoms. The van der Waals surface area contributed by atoms with E-state index < -0.39 is 22.5 Å². The van der Waals surface area contributed by atoms with Crippen LogP contribution >= 0.6 is 0 Å². The molecular formula is C18H17FN2O6. The number of carbonyl (C=O) groups excluding carboxylic acids is 1. The summed E-state index contributed by atoms with van der Waals surface area (Å²) in [4.78, 5) is 23.4. The van der Waals surface area contributed by atoms with Crippen molar-refractivity contribution < 1.29 is 28.3 Å². The van der Waals surface area contributed by atoms with Gasteiger partial charge in [0, 0.05) is 18.9 Å². The minimum absolute atomic E-state index is 0.0438. The Balaban J connectivity index is 1.62. The van der Waals surface area contributed by atoms with Crippen LogP contribution in [0.25, 0.3) is 0 Å². The van der Waals surface area contributed by atoms with Crippen molar-refractivity contribution in [3.8, 4) is 5.75 Å². The van der Waals surface area contributed by atoms with Gasteiger partial charge in [-0.2, -0.15) is 4.39 Å². The summed E-state index contributed by atoms with van der Waals surface area (Å²) in [5.74, 6) is -0.385. The Morgan fingerprint density at radius 1 is 1.30 bits per heavy atom. The number of ether oxygens (including phenoxy) is 3. The van der Waals surface area contributed by atoms with E-state index in [0.29, 0.717) is 30.2 Å². The van der Waals surface area contributed by atoms with Gasteiger partial charge in [-0.25, -0.2) is 4.79 Å². The molecule has 1 aliphatic heterocycles. The summed E-state index contributed by atoms with van der Waals surface area (Å²) in [5.41, 5.74) is 0.533. The van der Waals surface area contributed by atoms with E-state index >= 15 is 0 Å². The van der Waals surface area contributed by atoms with Gasteiger partial charge in [0.1, 0.15) is 18.5 Å². The Bertz CT molecular complexity index is 842. The lowest BCUT2D eigenvalue weighted by Crippen LogP contribution is -2.25. The van der Waals surface area contributed by atoms with Crippen LogP contribution in [0.1, 0.15) is 5.56 Å². The Hall–Kier alpha value is -3.20. The summed E-state index contributed by atoms with van der Waals surface area (Å²) >= 11 is 0. The Morgan fingerprint density at radius 2 is 2.04 bits per heavy atom. The number of amides is 1. The van der Waals surface area contributed by atoms with Gasteiger partial charge in [0.25, 0.3) is 0 Å². The van der Waals surface area contributed by atoms with E-state index in [2.05, 4.69) is 0 Å². The summed E-state index contributed by atoms with van der Waals surface area (Å²) in [7, 11) is 1.54. The zero-order chi connectivity index (χ0) is 19.4. The average molecular weight is 376 g/mol. The minimum Gasteiger partial charge on any atom is -0.489 e. The zero-order valence-corrected chi connectivity index (χ0v) is 14.5. The number of carbonyl (C=O) groups is 1. The van der Waals surface area contributed by atoms with Crippen molar-refractivity contribution in [2.75, 3.05) is 25.2 Å². The first-order valence-corrected chi connectivity index (χ1v) is 8.10. The highest BCUT2D eigenvalue weighted by Crippen LogP contribution is 2.25. The molecule has 27 heavy (non-hydrogen) atoms. The highest BCUT2D eigenvalue weighted by atomic mass is 19.1. The van der Waals surface area contributed by atoms with Gasteiger partial charge in [-0.1, -0.05) is 6.07 Å². The van der Waals surface area contributed by atoms with Gasteiger partial charge in [-0.3, -0.25) is 15.0 Å². The lowest BCUT2D eigenvalue weighted by atomic mass is 10.2. The number of benzene rings is 2. The summed E-state index contributed by atoms with van der Waals surface area (Å²) in [6.45, 7) is 0.765. The molecular weight excluding hydrogens is 359 g/mol. The van der Waals surface area contributed by atoms with Gasteiger partial charge in [0.15, 0.2) is 0 Å². The van der Waals surface area contributed by atoms with E-state index in [4.69, 9.17) is 14.2 Å². The van der Waals surface area contributed by atoms with E-state index in [1.165, 1.54) is 11.0 Å². The van der Waals surface area contributed by atoms with E-state index in [9.17, 15) is 19.3 Å². The molecule has 142 valence electrons. The normalized spacial score (nSPS) is 16.3. The van der Waals surface area contributed by atoms with Crippen molar-refractivity contribution in [2.45, 2.75) is 12.7 Å². The number of hydrogen-bond acceptors (Lipinski definition) is 6. The number of rotatable bonds is 7. The molecule has 1 unspecified atom stereocenters. The summed E-state index contributed by atoms with van der Waals surface area (Å²) < 4.78 is 29.1. The molecule has 1 aliphatic rings. The molecule has 9 heteroatoms. The molecule has 3 rings (SSSR count). The predicted molar refractivity (Wildman–Crippen MR) is 93.3 cm³/mol. The number of halogens is 1. The molecule has 8 nitrogen and oxygen atoms in total. The number of anilines is 1. The van der Waals surface area contributed by atoms with Crippen LogP contribution < -0.4 is 9.64 Å². The van der Waals surface area contributed by atoms with Crippen molar-refractivity contribution in [2.24, 2.45) is 0 Å². The molecule has 0 N–H and O–H groups in total. The van der Waals surface area contributed by atoms with Crippen LogP contribution in [0.4, 0.5) is 20.6 Å². The highest BCUT2D eigenvalue weighted by molar-refractivity contribution is 5.89. The predicted octanol–water partition coefficient (Wildman–Crippen LogP) is 3.28. The van der Waals surface area contributed by atoms with Crippen LogP contribution in [0.15, 0.2) is 42.5 Å². The van der Waals surface area contributed by atoms with Crippen LogP contribution in [0.3, 0.4) is 0 Å². The molecule has 0 radical (unpaired) electrons. The van der Waals surface area contributed by atoms with E-state index in [-0.39, 0.29) is 12.7 Å². The first kappa shape index (κ1) is 18.6. The average Bonchev–Trinajstić information content (AvgIpc) is 3.02. The number of cyclic esters (lactones) is 1. The summed E-state index contributed by atoms with van der Waals surface area (Å²) in [6.07, 6.45) is -0.753. The Morgan fingerprint density at radius 3 is 2.70 bits per heavy atom. The number of nitro benzene ring substituents is 1. The molecule has 1 amide bonds. The molecule has 2 aromatic rings. The number of hydrogen-bond donors (Lipinski definition) is 0. The van der Waals surface area contributed by atoms with Gasteiger partial charge < -0.3 is 14.2 Å². The molecule has 0 spiro atoms. The van der Waals surface area contributed by atoms with Crippen LogP contribution in [0.2, 0.25) is 0 Å². The van der Waals surface area contributed by atoms with Gasteiger partial charge in [-0.15, -0.1) is 0 Å². The van der Waals surface area contributed by atoms with E-state index in [0.717, 1.165) is 12.1 Å². The standard InChI is InChI=1S/C18H17FN2O6/c1-25-11-15-9-20(18(22)27-15)13-3-5-14(6-4-13)26-10-12-2-7-16(19)17(8-12)21(23)24/h2-8,15H,9-11H2,1H3. The van der Waals surface area contributed by atoms with Crippen LogP contribution in [0, 0.1) is 15.9 Å². The summed E-state index contributed by atoms with van der Waals surface area (Å²) in [5, 5.41) is 10.8. The maximum atomic E-state index is 13.4. The van der Waals surface area contributed by atoms with Gasteiger partial charge >= 0.3 is 11.8 Å². The molecule has 1 atom stereocenters. The van der Waals surface area contributed by atoms with Crippen molar-refractivity contribution in [1.29, 1.82) is 0 Å². The first-order chi connectivity index (χ1) is 13.0. The monoisotopic (exact) mass is 376 g/mol. The third-order valence-electron chi connectivity index (χ3n) is 3.99. The van der Waals surface area contributed by atoms with Gasteiger partial charge in [0.2, 0.25) is 5.82 Å². The molecule has 1 saturated heterocycles. The van der Waals surface area contributed by atoms with Gasteiger partial charge in [0.05, 0.1) is 18.1 Å². The Labute approximate surface area is 154 Å². The molecule has 1 fully saturated rings. The van der Waals surface area contributed by atoms with E-state index in [1.54, 1.807) is 31.4 Å². The third-order valence-corrected chi connectivity index (χ3v) is 3.99. The van der Waals surface area contributed by atoms with Crippen molar-refractivity contribution in [1.82, 2.24) is 0 Å². The van der Waals surface area contributed by atoms with Crippen molar-refractivity contribution in [3.63, 3.8) is 0 Å². The molecule has 0 aromatic heterocycles. The van der Waals surface area contributed by atoms with E-state index in [1.807, 2.05) is 0 Å². The number of methoxy groups -OCH3 is 1.